The largest absolute Gasteiger partial charge is 0.468 e. The second kappa shape index (κ2) is 5.46. The molecule has 3 unspecified atom stereocenters. The van der Waals surface area contributed by atoms with Crippen molar-refractivity contribution in [2.75, 3.05) is 7.11 Å². The molecule has 0 aromatic heterocycles. The van der Waals surface area contributed by atoms with Gasteiger partial charge in [0.2, 0.25) is 0 Å². The first-order valence-electron chi connectivity index (χ1n) is 5.79. The molecule has 0 aliphatic rings. The Morgan fingerprint density at radius 3 is 1.81 bits per heavy atom. The van der Waals surface area contributed by atoms with Crippen molar-refractivity contribution in [1.29, 1.82) is 0 Å². The van der Waals surface area contributed by atoms with Gasteiger partial charge in [0, 0.05) is 0 Å². The van der Waals surface area contributed by atoms with Crippen LogP contribution in [0.1, 0.15) is 41.5 Å². The molecule has 0 aromatic rings. The molecule has 16 heavy (non-hydrogen) atoms. The van der Waals surface area contributed by atoms with Crippen LogP contribution in [0.3, 0.4) is 0 Å². The van der Waals surface area contributed by atoms with Gasteiger partial charge in [-0.1, -0.05) is 27.7 Å². The lowest BCUT2D eigenvalue weighted by Gasteiger charge is -2.36. The summed E-state index contributed by atoms with van der Waals surface area (Å²) in [5, 5.41) is 0. The van der Waals surface area contributed by atoms with Crippen LogP contribution >= 0.6 is 0 Å². The maximum absolute atomic E-state index is 11.8. The molecule has 0 N–H and O–H groups in total. The predicted octanol–water partition coefficient (Wildman–Crippen LogP) is 2.68. The topological polar surface area (TPSA) is 43.4 Å². The standard InChI is InChI=1S/C13H24O3/c1-8(2)9(3)10(4)13(6,11(5)14)12(15)16-7/h8-10H,1-7H3. The molecule has 0 heterocycles. The minimum atomic E-state index is -1.03. The highest BCUT2D eigenvalue weighted by molar-refractivity contribution is 6.02. The van der Waals surface area contributed by atoms with Gasteiger partial charge in [0.25, 0.3) is 0 Å². The summed E-state index contributed by atoms with van der Waals surface area (Å²) in [6.45, 7) is 11.4. The Bertz CT molecular complexity index is 270. The Morgan fingerprint density at radius 1 is 1.12 bits per heavy atom. The van der Waals surface area contributed by atoms with Crippen LogP contribution in [0, 0.1) is 23.2 Å². The summed E-state index contributed by atoms with van der Waals surface area (Å²) in [5.74, 6) is 0.128. The normalized spacial score (nSPS) is 18.8. The Morgan fingerprint density at radius 2 is 1.56 bits per heavy atom. The molecule has 3 nitrogen and oxygen atoms in total. The van der Waals surface area contributed by atoms with Gasteiger partial charge < -0.3 is 4.74 Å². The van der Waals surface area contributed by atoms with E-state index < -0.39 is 11.4 Å². The number of methoxy groups -OCH3 is 1. The Labute approximate surface area is 98.6 Å². The first-order chi connectivity index (χ1) is 7.19. The minimum absolute atomic E-state index is 0.0301. The molecule has 0 fully saturated rings. The first-order valence-corrected chi connectivity index (χ1v) is 5.79. The molecule has 94 valence electrons. The average Bonchev–Trinajstić information content (AvgIpc) is 2.23. The number of esters is 1. The van der Waals surface area contributed by atoms with E-state index in [1.807, 2.05) is 6.92 Å². The number of ketones is 1. The van der Waals surface area contributed by atoms with E-state index in [0.29, 0.717) is 5.92 Å². The maximum Gasteiger partial charge on any atom is 0.319 e. The summed E-state index contributed by atoms with van der Waals surface area (Å²) in [6.07, 6.45) is 0. The third-order valence-corrected chi connectivity index (χ3v) is 4.09. The number of hydrogen-bond donors (Lipinski definition) is 0. The highest BCUT2D eigenvalue weighted by atomic mass is 16.5. The highest BCUT2D eigenvalue weighted by Crippen LogP contribution is 2.37. The Kier molecular flexibility index (Phi) is 5.17. The van der Waals surface area contributed by atoms with E-state index >= 15 is 0 Å². The summed E-state index contributed by atoms with van der Waals surface area (Å²) < 4.78 is 4.77. The molecular formula is C13H24O3. The zero-order valence-corrected chi connectivity index (χ0v) is 11.5. The van der Waals surface area contributed by atoms with Gasteiger partial charge in [0.15, 0.2) is 0 Å². The van der Waals surface area contributed by atoms with Crippen molar-refractivity contribution in [1.82, 2.24) is 0 Å². The van der Waals surface area contributed by atoms with E-state index in [9.17, 15) is 9.59 Å². The summed E-state index contributed by atoms with van der Waals surface area (Å²) in [7, 11) is 1.33. The monoisotopic (exact) mass is 228 g/mol. The highest BCUT2D eigenvalue weighted by Gasteiger charge is 2.46. The number of rotatable bonds is 5. The lowest BCUT2D eigenvalue weighted by molar-refractivity contribution is -0.161. The Hall–Kier alpha value is -0.860. The molecule has 0 saturated heterocycles. The zero-order chi connectivity index (χ0) is 13.1. The first kappa shape index (κ1) is 15.1. The summed E-state index contributed by atoms with van der Waals surface area (Å²) in [6, 6.07) is 0. The molecule has 0 amide bonds. The fourth-order valence-corrected chi connectivity index (χ4v) is 1.97. The van der Waals surface area contributed by atoms with Crippen molar-refractivity contribution in [3.63, 3.8) is 0 Å². The lowest BCUT2D eigenvalue weighted by atomic mass is 9.67. The van der Waals surface area contributed by atoms with Crippen LogP contribution in [0.4, 0.5) is 0 Å². The fraction of sp³-hybridized carbons (Fsp3) is 0.846. The van der Waals surface area contributed by atoms with E-state index in [1.165, 1.54) is 14.0 Å². The summed E-state index contributed by atoms with van der Waals surface area (Å²) in [4.78, 5) is 23.5. The van der Waals surface area contributed by atoms with Crippen LogP contribution < -0.4 is 0 Å². The maximum atomic E-state index is 11.8. The molecule has 0 spiro atoms. The van der Waals surface area contributed by atoms with Gasteiger partial charge in [-0.15, -0.1) is 0 Å². The van der Waals surface area contributed by atoms with Crippen LogP contribution in [-0.4, -0.2) is 18.9 Å². The smallest absolute Gasteiger partial charge is 0.319 e. The average molecular weight is 228 g/mol. The van der Waals surface area contributed by atoms with Crippen molar-refractivity contribution >= 4 is 11.8 Å². The van der Waals surface area contributed by atoms with Crippen molar-refractivity contribution < 1.29 is 14.3 Å². The van der Waals surface area contributed by atoms with Crippen molar-refractivity contribution in [2.45, 2.75) is 41.5 Å². The number of Topliss-reactive ketones (excluding diaryl/α,β-unsaturated/α-hetero) is 1. The van der Waals surface area contributed by atoms with Gasteiger partial charge in [-0.2, -0.15) is 0 Å². The molecule has 0 aromatic carbocycles. The number of carbonyl (C=O) groups is 2. The van der Waals surface area contributed by atoms with E-state index in [4.69, 9.17) is 4.74 Å². The molecule has 3 atom stereocenters. The zero-order valence-electron chi connectivity index (χ0n) is 11.5. The summed E-state index contributed by atoms with van der Waals surface area (Å²) >= 11 is 0. The fourth-order valence-electron chi connectivity index (χ4n) is 1.97. The van der Waals surface area contributed by atoms with Crippen LogP contribution in [-0.2, 0) is 14.3 Å². The third kappa shape index (κ3) is 2.63. The van der Waals surface area contributed by atoms with Crippen LogP contribution in [0.25, 0.3) is 0 Å². The summed E-state index contributed by atoms with van der Waals surface area (Å²) in [5.41, 5.74) is -1.03. The Balaban J connectivity index is 5.21. The van der Waals surface area contributed by atoms with E-state index in [2.05, 4.69) is 20.8 Å². The van der Waals surface area contributed by atoms with Crippen LogP contribution in [0.15, 0.2) is 0 Å². The second-order valence-corrected chi connectivity index (χ2v) is 5.14. The number of hydrogen-bond acceptors (Lipinski definition) is 3. The van der Waals surface area contributed by atoms with Gasteiger partial charge in [0.05, 0.1) is 7.11 Å². The van der Waals surface area contributed by atoms with Gasteiger partial charge >= 0.3 is 5.97 Å². The van der Waals surface area contributed by atoms with Crippen molar-refractivity contribution in [3.05, 3.63) is 0 Å². The SMILES string of the molecule is COC(=O)C(C)(C(C)=O)C(C)C(C)C(C)C. The third-order valence-electron chi connectivity index (χ3n) is 4.09. The van der Waals surface area contributed by atoms with E-state index in [0.717, 1.165) is 0 Å². The molecule has 0 saturated carbocycles. The van der Waals surface area contributed by atoms with Crippen LogP contribution in [0.2, 0.25) is 0 Å². The molecule has 0 aliphatic carbocycles. The number of ether oxygens (including phenoxy) is 1. The molecule has 0 rings (SSSR count). The molecule has 3 heteroatoms. The lowest BCUT2D eigenvalue weighted by Crippen LogP contribution is -2.45. The van der Waals surface area contributed by atoms with Crippen molar-refractivity contribution in [3.8, 4) is 0 Å². The van der Waals surface area contributed by atoms with Gasteiger partial charge in [-0.3, -0.25) is 9.59 Å². The molecular weight excluding hydrogens is 204 g/mol. The van der Waals surface area contributed by atoms with Gasteiger partial charge in [0.1, 0.15) is 11.2 Å². The molecule has 0 radical (unpaired) electrons. The quantitative estimate of drug-likeness (QED) is 0.536. The van der Waals surface area contributed by atoms with Crippen molar-refractivity contribution in [2.24, 2.45) is 23.2 Å². The minimum Gasteiger partial charge on any atom is -0.468 e. The van der Waals surface area contributed by atoms with Crippen LogP contribution in [0.5, 0.6) is 0 Å². The number of carbonyl (C=O) groups excluding carboxylic acids is 2. The second-order valence-electron chi connectivity index (χ2n) is 5.14. The van der Waals surface area contributed by atoms with Gasteiger partial charge in [-0.25, -0.2) is 0 Å². The van der Waals surface area contributed by atoms with Gasteiger partial charge in [-0.05, 0) is 31.6 Å². The molecule has 0 bridgehead atoms. The predicted molar refractivity (Wildman–Crippen MR) is 64.0 cm³/mol. The van der Waals surface area contributed by atoms with E-state index in [-0.39, 0.29) is 17.6 Å². The molecule has 0 aliphatic heterocycles. The van der Waals surface area contributed by atoms with E-state index in [1.54, 1.807) is 6.92 Å².